The maximum absolute atomic E-state index is 11.5. The lowest BCUT2D eigenvalue weighted by atomic mass is 9.75. The van der Waals surface area contributed by atoms with Crippen LogP contribution in [-0.4, -0.2) is 24.8 Å². The van der Waals surface area contributed by atoms with Crippen molar-refractivity contribution in [2.75, 3.05) is 13.7 Å². The van der Waals surface area contributed by atoms with Gasteiger partial charge in [0.2, 0.25) is 0 Å². The zero-order valence-electron chi connectivity index (χ0n) is 15.7. The molecule has 28 heavy (non-hydrogen) atoms. The third-order valence-corrected chi connectivity index (χ3v) is 5.30. The van der Waals surface area contributed by atoms with Gasteiger partial charge in [-0.25, -0.2) is 0 Å². The fourth-order valence-corrected chi connectivity index (χ4v) is 3.88. The molecule has 4 nitrogen and oxygen atoms in total. The number of fused-ring (bicyclic) bond motifs is 1. The second-order valence-electron chi connectivity index (χ2n) is 7.02. The summed E-state index contributed by atoms with van der Waals surface area (Å²) >= 11 is 0. The lowest BCUT2D eigenvalue weighted by Gasteiger charge is -2.34. The topological polar surface area (TPSA) is 55.8 Å². The highest BCUT2D eigenvalue weighted by Crippen LogP contribution is 2.46. The van der Waals surface area contributed by atoms with Crippen molar-refractivity contribution in [3.05, 3.63) is 95.1 Å². The summed E-state index contributed by atoms with van der Waals surface area (Å²) in [5, 5.41) is 9.85. The number of phenolic OH excluding ortho intramolecular Hbond substituents is 1. The van der Waals surface area contributed by atoms with Crippen LogP contribution in [0, 0.1) is 0 Å². The third kappa shape index (κ3) is 3.58. The Kier molecular flexibility index (Phi) is 5.02. The molecule has 0 aliphatic carbocycles. The third-order valence-electron chi connectivity index (χ3n) is 5.30. The Hall–Kier alpha value is -3.27. The van der Waals surface area contributed by atoms with E-state index in [0.29, 0.717) is 6.61 Å². The quantitative estimate of drug-likeness (QED) is 0.687. The van der Waals surface area contributed by atoms with Crippen LogP contribution in [0.4, 0.5) is 0 Å². The molecule has 2 atom stereocenters. The summed E-state index contributed by atoms with van der Waals surface area (Å²) in [6.45, 7) is 0.537. The van der Waals surface area contributed by atoms with Crippen LogP contribution in [0.15, 0.2) is 72.8 Å². The second kappa shape index (κ2) is 7.77. The lowest BCUT2D eigenvalue weighted by Crippen LogP contribution is -2.25. The van der Waals surface area contributed by atoms with Gasteiger partial charge >= 0.3 is 5.97 Å². The second-order valence-corrected chi connectivity index (χ2v) is 7.02. The van der Waals surface area contributed by atoms with Gasteiger partial charge in [0, 0.05) is 23.5 Å². The first kappa shape index (κ1) is 18.1. The minimum Gasteiger partial charge on any atom is -0.508 e. The van der Waals surface area contributed by atoms with Crippen LogP contribution >= 0.6 is 0 Å². The Morgan fingerprint density at radius 2 is 1.79 bits per heavy atom. The first-order chi connectivity index (χ1) is 13.7. The van der Waals surface area contributed by atoms with Gasteiger partial charge in [0.15, 0.2) is 0 Å². The van der Waals surface area contributed by atoms with Gasteiger partial charge in [-0.15, -0.1) is 0 Å². The molecule has 0 amide bonds. The number of hydrogen-bond acceptors (Lipinski definition) is 4. The molecule has 0 saturated carbocycles. The van der Waals surface area contributed by atoms with Gasteiger partial charge in [-0.05, 0) is 22.8 Å². The Morgan fingerprint density at radius 1 is 1.04 bits per heavy atom. The fourth-order valence-electron chi connectivity index (χ4n) is 3.88. The van der Waals surface area contributed by atoms with Crippen molar-refractivity contribution >= 4 is 5.97 Å². The van der Waals surface area contributed by atoms with Crippen LogP contribution in [0.25, 0.3) is 0 Å². The molecule has 3 aromatic carbocycles. The van der Waals surface area contributed by atoms with Crippen LogP contribution in [0.5, 0.6) is 11.5 Å². The summed E-state index contributed by atoms with van der Waals surface area (Å²) in [6.07, 6.45) is 0.261. The molecule has 4 rings (SSSR count). The number of ether oxygens (including phenoxy) is 2. The molecule has 142 valence electrons. The number of esters is 1. The number of methoxy groups -OCH3 is 1. The predicted octanol–water partition coefficient (Wildman–Crippen LogP) is 4.42. The van der Waals surface area contributed by atoms with Gasteiger partial charge in [-0.3, -0.25) is 4.79 Å². The first-order valence-electron chi connectivity index (χ1n) is 9.32. The molecule has 0 saturated heterocycles. The minimum atomic E-state index is -0.248. The average Bonchev–Trinajstić information content (AvgIpc) is 2.74. The van der Waals surface area contributed by atoms with Crippen molar-refractivity contribution in [2.24, 2.45) is 0 Å². The van der Waals surface area contributed by atoms with E-state index in [1.807, 2.05) is 36.4 Å². The maximum Gasteiger partial charge on any atom is 0.309 e. The Balaban J connectivity index is 1.74. The Bertz CT molecular complexity index is 964. The number of hydrogen-bond donors (Lipinski definition) is 1. The van der Waals surface area contributed by atoms with Crippen molar-refractivity contribution in [2.45, 2.75) is 18.3 Å². The standard InChI is InChI=1S/C24H22O4/c1-27-23(26)13-16-7-9-18(10-8-16)24-20-12-11-19(25)14-22(20)28-15-21(24)17-5-3-2-4-6-17/h2-12,14,21,24-25H,13,15H2,1H3/t21-,24-/m1/s1. The zero-order chi connectivity index (χ0) is 19.5. The van der Waals surface area contributed by atoms with E-state index in [1.165, 1.54) is 12.7 Å². The number of carbonyl (C=O) groups excluding carboxylic acids is 1. The molecule has 0 aromatic heterocycles. The van der Waals surface area contributed by atoms with E-state index in [2.05, 4.69) is 24.3 Å². The molecule has 0 radical (unpaired) electrons. The van der Waals surface area contributed by atoms with Crippen LogP contribution in [-0.2, 0) is 16.0 Å². The van der Waals surface area contributed by atoms with E-state index in [4.69, 9.17) is 9.47 Å². The van der Waals surface area contributed by atoms with Crippen molar-refractivity contribution in [3.8, 4) is 11.5 Å². The molecule has 1 aliphatic rings. The van der Waals surface area contributed by atoms with Crippen LogP contribution < -0.4 is 4.74 Å². The number of rotatable bonds is 4. The molecule has 1 aliphatic heterocycles. The van der Waals surface area contributed by atoms with Gasteiger partial charge in [0.25, 0.3) is 0 Å². The largest absolute Gasteiger partial charge is 0.508 e. The van der Waals surface area contributed by atoms with Gasteiger partial charge < -0.3 is 14.6 Å². The van der Waals surface area contributed by atoms with E-state index >= 15 is 0 Å². The molecular formula is C24H22O4. The van der Waals surface area contributed by atoms with Gasteiger partial charge in [-0.1, -0.05) is 60.7 Å². The zero-order valence-corrected chi connectivity index (χ0v) is 15.7. The predicted molar refractivity (Wildman–Crippen MR) is 107 cm³/mol. The molecule has 1 N–H and O–H groups in total. The molecule has 3 aromatic rings. The molecular weight excluding hydrogens is 352 g/mol. The van der Waals surface area contributed by atoms with Crippen LogP contribution in [0.2, 0.25) is 0 Å². The van der Waals surface area contributed by atoms with Crippen molar-refractivity contribution in [1.82, 2.24) is 0 Å². The highest BCUT2D eigenvalue weighted by Gasteiger charge is 2.33. The highest BCUT2D eigenvalue weighted by atomic mass is 16.5. The van der Waals surface area contributed by atoms with E-state index in [1.54, 1.807) is 12.1 Å². The molecule has 0 fully saturated rings. The minimum absolute atomic E-state index is 0.0962. The maximum atomic E-state index is 11.5. The SMILES string of the molecule is COC(=O)Cc1ccc([C@@H]2c3ccc(O)cc3OC[C@@H]2c2ccccc2)cc1. The fraction of sp³-hybridized carbons (Fsp3) is 0.208. The van der Waals surface area contributed by atoms with Crippen LogP contribution in [0.1, 0.15) is 34.1 Å². The summed E-state index contributed by atoms with van der Waals surface area (Å²) < 4.78 is 10.7. The smallest absolute Gasteiger partial charge is 0.309 e. The molecule has 0 bridgehead atoms. The number of benzene rings is 3. The van der Waals surface area contributed by atoms with Gasteiger partial charge in [0.1, 0.15) is 11.5 Å². The van der Waals surface area contributed by atoms with E-state index in [0.717, 1.165) is 22.4 Å². The summed E-state index contributed by atoms with van der Waals surface area (Å²) in [5.41, 5.74) is 4.34. The van der Waals surface area contributed by atoms with Gasteiger partial charge in [0.05, 0.1) is 20.1 Å². The van der Waals surface area contributed by atoms with E-state index in [-0.39, 0.29) is 30.0 Å². The summed E-state index contributed by atoms with van der Waals surface area (Å²) in [7, 11) is 1.40. The molecule has 0 spiro atoms. The molecule has 4 heteroatoms. The Labute approximate surface area is 164 Å². The van der Waals surface area contributed by atoms with Gasteiger partial charge in [-0.2, -0.15) is 0 Å². The van der Waals surface area contributed by atoms with E-state index < -0.39 is 0 Å². The first-order valence-corrected chi connectivity index (χ1v) is 9.32. The van der Waals surface area contributed by atoms with Crippen LogP contribution in [0.3, 0.4) is 0 Å². The Morgan fingerprint density at radius 3 is 2.50 bits per heavy atom. The normalized spacial score (nSPS) is 18.0. The molecule has 0 unspecified atom stereocenters. The average molecular weight is 374 g/mol. The summed E-state index contributed by atoms with van der Waals surface area (Å²) in [4.78, 5) is 11.5. The van der Waals surface area contributed by atoms with E-state index in [9.17, 15) is 9.90 Å². The summed E-state index contributed by atoms with van der Waals surface area (Å²) in [6, 6.07) is 23.7. The lowest BCUT2D eigenvalue weighted by molar-refractivity contribution is -0.139. The number of phenols is 1. The molecule has 1 heterocycles. The highest BCUT2D eigenvalue weighted by molar-refractivity contribution is 5.72. The van der Waals surface area contributed by atoms with Crippen molar-refractivity contribution in [3.63, 3.8) is 0 Å². The summed E-state index contributed by atoms with van der Waals surface area (Å²) in [5.74, 6) is 0.922. The van der Waals surface area contributed by atoms with Crippen molar-refractivity contribution < 1.29 is 19.4 Å². The van der Waals surface area contributed by atoms with Crippen molar-refractivity contribution in [1.29, 1.82) is 0 Å². The number of carbonyl (C=O) groups is 1. The number of aromatic hydroxyl groups is 1. The monoisotopic (exact) mass is 374 g/mol.